The third-order valence-corrected chi connectivity index (χ3v) is 4.23. The molecule has 0 spiro atoms. The molecule has 2 aromatic carbocycles. The molecule has 0 aliphatic rings. The van der Waals surface area contributed by atoms with Crippen LogP contribution in [0.15, 0.2) is 46.2 Å². The van der Waals surface area contributed by atoms with Crippen LogP contribution in [0.2, 0.25) is 5.02 Å². The summed E-state index contributed by atoms with van der Waals surface area (Å²) >= 11 is 7.57. The Hall–Kier alpha value is -1.25. The Labute approximate surface area is 116 Å². The Morgan fingerprint density at radius 3 is 2.56 bits per heavy atom. The van der Waals surface area contributed by atoms with E-state index in [1.54, 1.807) is 17.8 Å². The van der Waals surface area contributed by atoms with E-state index in [0.29, 0.717) is 10.6 Å². The van der Waals surface area contributed by atoms with E-state index in [0.717, 1.165) is 16.1 Å². The number of aryl methyl sites for hydroxylation is 2. The second kappa shape index (κ2) is 5.59. The molecule has 0 saturated heterocycles. The number of hydrogen-bond donors (Lipinski definition) is 0. The first-order valence-corrected chi connectivity index (χ1v) is 6.80. The zero-order valence-corrected chi connectivity index (χ0v) is 11.8. The van der Waals surface area contributed by atoms with Crippen LogP contribution >= 0.6 is 23.4 Å². The molecule has 0 saturated carbocycles. The quantitative estimate of drug-likeness (QED) is 0.740. The van der Waals surface area contributed by atoms with Gasteiger partial charge in [-0.1, -0.05) is 35.5 Å². The molecular weight excluding hydrogens is 264 g/mol. The van der Waals surface area contributed by atoms with Crippen molar-refractivity contribution in [2.75, 3.05) is 0 Å². The van der Waals surface area contributed by atoms with Crippen LogP contribution in [0.4, 0.5) is 0 Å². The highest BCUT2D eigenvalue weighted by molar-refractivity contribution is 7.99. The van der Waals surface area contributed by atoms with E-state index >= 15 is 0 Å². The molecule has 18 heavy (non-hydrogen) atoms. The second-order valence-electron chi connectivity index (χ2n) is 4.12. The molecule has 2 aromatic rings. The van der Waals surface area contributed by atoms with Crippen LogP contribution < -0.4 is 0 Å². The van der Waals surface area contributed by atoms with E-state index < -0.39 is 0 Å². The van der Waals surface area contributed by atoms with Crippen molar-refractivity contribution >= 4 is 29.6 Å². The second-order valence-corrected chi connectivity index (χ2v) is 5.64. The number of halogens is 1. The number of aldehydes is 1. The van der Waals surface area contributed by atoms with E-state index in [1.165, 1.54) is 11.1 Å². The molecule has 1 nitrogen and oxygen atoms in total. The Balaban J connectivity index is 2.36. The number of carbonyl (C=O) groups excluding carboxylic acids is 1. The molecule has 2 rings (SSSR count). The van der Waals surface area contributed by atoms with Gasteiger partial charge in [-0.2, -0.15) is 0 Å². The minimum Gasteiger partial charge on any atom is -0.298 e. The summed E-state index contributed by atoms with van der Waals surface area (Å²) < 4.78 is 0. The van der Waals surface area contributed by atoms with Crippen molar-refractivity contribution < 1.29 is 4.79 Å². The SMILES string of the molecule is Cc1ccc(Sc2cccc(Cl)c2C=O)cc1C. The average Bonchev–Trinajstić information content (AvgIpc) is 2.34. The molecule has 3 heteroatoms. The van der Waals surface area contributed by atoms with Crippen molar-refractivity contribution in [3.05, 3.63) is 58.1 Å². The third-order valence-electron chi connectivity index (χ3n) is 2.84. The lowest BCUT2D eigenvalue weighted by Crippen LogP contribution is -1.87. The van der Waals surface area contributed by atoms with Gasteiger partial charge in [0.25, 0.3) is 0 Å². The molecule has 0 amide bonds. The van der Waals surface area contributed by atoms with Crippen molar-refractivity contribution in [2.24, 2.45) is 0 Å². The lowest BCUT2D eigenvalue weighted by molar-refractivity contribution is 0.112. The summed E-state index contributed by atoms with van der Waals surface area (Å²) in [6, 6.07) is 11.8. The summed E-state index contributed by atoms with van der Waals surface area (Å²) in [5.41, 5.74) is 3.07. The maximum atomic E-state index is 11.1. The normalized spacial score (nSPS) is 10.4. The van der Waals surface area contributed by atoms with Crippen molar-refractivity contribution in [1.82, 2.24) is 0 Å². The Kier molecular flexibility index (Phi) is 4.10. The van der Waals surface area contributed by atoms with Crippen LogP contribution in [0, 0.1) is 13.8 Å². The molecule has 0 aromatic heterocycles. The third kappa shape index (κ3) is 2.77. The Bertz CT molecular complexity index is 593. The fourth-order valence-corrected chi connectivity index (χ4v) is 2.94. The topological polar surface area (TPSA) is 17.1 Å². The van der Waals surface area contributed by atoms with Crippen LogP contribution in [0.3, 0.4) is 0 Å². The van der Waals surface area contributed by atoms with Gasteiger partial charge in [0, 0.05) is 15.4 Å². The van der Waals surface area contributed by atoms with Gasteiger partial charge in [-0.15, -0.1) is 0 Å². The number of hydrogen-bond acceptors (Lipinski definition) is 2. The van der Waals surface area contributed by atoms with Gasteiger partial charge in [0.1, 0.15) is 0 Å². The van der Waals surface area contributed by atoms with E-state index in [9.17, 15) is 4.79 Å². The minimum absolute atomic E-state index is 0.499. The molecule has 0 radical (unpaired) electrons. The highest BCUT2D eigenvalue weighted by Gasteiger charge is 2.08. The first-order chi connectivity index (χ1) is 8.61. The van der Waals surface area contributed by atoms with Crippen molar-refractivity contribution in [2.45, 2.75) is 23.6 Å². The fraction of sp³-hybridized carbons (Fsp3) is 0.133. The summed E-state index contributed by atoms with van der Waals surface area (Å²) in [5, 5.41) is 0.499. The highest BCUT2D eigenvalue weighted by atomic mass is 35.5. The summed E-state index contributed by atoms with van der Waals surface area (Å²) in [5.74, 6) is 0. The fourth-order valence-electron chi connectivity index (χ4n) is 1.62. The molecular formula is C15H13ClOS. The smallest absolute Gasteiger partial charge is 0.152 e. The van der Waals surface area contributed by atoms with E-state index in [4.69, 9.17) is 11.6 Å². The van der Waals surface area contributed by atoms with Crippen LogP contribution in [0.5, 0.6) is 0 Å². The van der Waals surface area contributed by atoms with Gasteiger partial charge in [-0.3, -0.25) is 4.79 Å². The standard InChI is InChI=1S/C15H13ClOS/c1-10-6-7-12(8-11(10)2)18-15-5-3-4-14(16)13(15)9-17/h3-9H,1-2H3. The van der Waals surface area contributed by atoms with Crippen LogP contribution in [-0.4, -0.2) is 6.29 Å². The zero-order valence-electron chi connectivity index (χ0n) is 10.2. The van der Waals surface area contributed by atoms with Gasteiger partial charge >= 0.3 is 0 Å². The zero-order chi connectivity index (χ0) is 13.1. The van der Waals surface area contributed by atoms with Gasteiger partial charge in [0.2, 0.25) is 0 Å². The maximum absolute atomic E-state index is 11.1. The molecule has 0 atom stereocenters. The summed E-state index contributed by atoms with van der Waals surface area (Å²) in [4.78, 5) is 13.1. The molecule has 0 heterocycles. The first kappa shape index (κ1) is 13.2. The molecule has 0 N–H and O–H groups in total. The molecule has 0 fully saturated rings. The van der Waals surface area contributed by atoms with Crippen molar-refractivity contribution in [3.63, 3.8) is 0 Å². The van der Waals surface area contributed by atoms with Crippen LogP contribution in [-0.2, 0) is 0 Å². The predicted molar refractivity (Wildman–Crippen MR) is 76.9 cm³/mol. The number of carbonyl (C=O) groups is 1. The average molecular weight is 277 g/mol. The Morgan fingerprint density at radius 1 is 1.11 bits per heavy atom. The monoisotopic (exact) mass is 276 g/mol. The van der Waals surface area contributed by atoms with E-state index in [2.05, 4.69) is 32.0 Å². The maximum Gasteiger partial charge on any atom is 0.152 e. The summed E-state index contributed by atoms with van der Waals surface area (Å²) in [6.45, 7) is 4.16. The van der Waals surface area contributed by atoms with E-state index in [-0.39, 0.29) is 0 Å². The molecule has 92 valence electrons. The molecule has 0 aliphatic carbocycles. The minimum atomic E-state index is 0.499. The number of benzene rings is 2. The van der Waals surface area contributed by atoms with E-state index in [1.807, 2.05) is 12.1 Å². The highest BCUT2D eigenvalue weighted by Crippen LogP contribution is 2.33. The largest absolute Gasteiger partial charge is 0.298 e. The predicted octanol–water partition coefficient (Wildman–Crippen LogP) is 4.92. The van der Waals surface area contributed by atoms with Gasteiger partial charge in [-0.25, -0.2) is 0 Å². The molecule has 0 bridgehead atoms. The van der Waals surface area contributed by atoms with Crippen molar-refractivity contribution in [1.29, 1.82) is 0 Å². The van der Waals surface area contributed by atoms with Crippen molar-refractivity contribution in [3.8, 4) is 0 Å². The van der Waals surface area contributed by atoms with Gasteiger partial charge in [0.05, 0.1) is 5.02 Å². The van der Waals surface area contributed by atoms with Crippen LogP contribution in [0.25, 0.3) is 0 Å². The van der Waals surface area contributed by atoms with Gasteiger partial charge in [-0.05, 0) is 49.2 Å². The lowest BCUT2D eigenvalue weighted by atomic mass is 10.1. The summed E-state index contributed by atoms with van der Waals surface area (Å²) in [6.07, 6.45) is 0.811. The molecule has 0 aliphatic heterocycles. The Morgan fingerprint density at radius 2 is 1.89 bits per heavy atom. The lowest BCUT2D eigenvalue weighted by Gasteiger charge is -2.08. The van der Waals surface area contributed by atoms with Crippen LogP contribution in [0.1, 0.15) is 21.5 Å². The number of rotatable bonds is 3. The van der Waals surface area contributed by atoms with Gasteiger partial charge < -0.3 is 0 Å². The summed E-state index contributed by atoms with van der Waals surface area (Å²) in [7, 11) is 0. The first-order valence-electron chi connectivity index (χ1n) is 5.60. The van der Waals surface area contributed by atoms with Gasteiger partial charge in [0.15, 0.2) is 6.29 Å². The molecule has 0 unspecified atom stereocenters.